The van der Waals surface area contributed by atoms with Crippen molar-refractivity contribution >= 4 is 29.2 Å². The third kappa shape index (κ3) is 4.98. The monoisotopic (exact) mass is 390 g/mol. The smallest absolute Gasteiger partial charge is 0.335 e. The van der Waals surface area contributed by atoms with Gasteiger partial charge in [-0.05, 0) is 54.6 Å². The van der Waals surface area contributed by atoms with Gasteiger partial charge >= 0.3 is 5.97 Å². The van der Waals surface area contributed by atoms with E-state index in [2.05, 4.69) is 10.6 Å². The van der Waals surface area contributed by atoms with Crippen molar-refractivity contribution in [2.45, 2.75) is 0 Å². The van der Waals surface area contributed by atoms with Crippen LogP contribution in [0.15, 0.2) is 72.8 Å². The highest BCUT2D eigenvalue weighted by Crippen LogP contribution is 2.17. The van der Waals surface area contributed by atoms with Crippen LogP contribution in [0.3, 0.4) is 0 Å². The number of amides is 2. The molecule has 29 heavy (non-hydrogen) atoms. The zero-order chi connectivity index (χ0) is 20.8. The summed E-state index contributed by atoms with van der Waals surface area (Å²) in [5.74, 6) is -1.28. The van der Waals surface area contributed by atoms with E-state index in [1.807, 2.05) is 0 Å². The van der Waals surface area contributed by atoms with E-state index in [4.69, 9.17) is 9.84 Å². The quantitative estimate of drug-likeness (QED) is 0.592. The predicted molar refractivity (Wildman–Crippen MR) is 109 cm³/mol. The van der Waals surface area contributed by atoms with Crippen LogP contribution in [0.1, 0.15) is 31.1 Å². The van der Waals surface area contributed by atoms with E-state index >= 15 is 0 Å². The Morgan fingerprint density at radius 1 is 0.724 bits per heavy atom. The van der Waals surface area contributed by atoms with Crippen LogP contribution in [0.4, 0.5) is 11.4 Å². The molecule has 0 fully saturated rings. The number of carbonyl (C=O) groups excluding carboxylic acids is 2. The van der Waals surface area contributed by atoms with Gasteiger partial charge in [0.05, 0.1) is 12.7 Å². The molecule has 0 aliphatic carbocycles. The normalized spacial score (nSPS) is 10.1. The number of rotatable bonds is 6. The topological polar surface area (TPSA) is 105 Å². The van der Waals surface area contributed by atoms with Crippen molar-refractivity contribution < 1.29 is 24.2 Å². The average Bonchev–Trinajstić information content (AvgIpc) is 2.74. The second-order valence-corrected chi connectivity index (χ2v) is 6.11. The molecule has 0 saturated heterocycles. The van der Waals surface area contributed by atoms with Crippen molar-refractivity contribution in [3.8, 4) is 5.75 Å². The number of hydrogen-bond acceptors (Lipinski definition) is 4. The summed E-state index contributed by atoms with van der Waals surface area (Å²) in [6.45, 7) is 0. The maximum atomic E-state index is 12.5. The highest BCUT2D eigenvalue weighted by Gasteiger charge is 2.11. The number of anilines is 2. The third-order valence-electron chi connectivity index (χ3n) is 4.08. The van der Waals surface area contributed by atoms with Gasteiger partial charge in [-0.1, -0.05) is 18.2 Å². The standard InChI is InChI=1S/C22H18N2O5/c1-29-19-10-4-6-15(13-19)21(26)23-17-8-2-5-14(11-17)20(25)24-18-9-3-7-16(12-18)22(27)28/h2-13H,1H3,(H,23,26)(H,24,25)(H,27,28). The van der Waals surface area contributed by atoms with Crippen LogP contribution in [-0.2, 0) is 0 Å². The van der Waals surface area contributed by atoms with E-state index in [-0.39, 0.29) is 11.5 Å². The molecule has 3 aromatic carbocycles. The van der Waals surface area contributed by atoms with E-state index in [0.717, 1.165) is 0 Å². The molecule has 0 atom stereocenters. The molecule has 0 unspecified atom stereocenters. The van der Waals surface area contributed by atoms with E-state index in [0.29, 0.717) is 28.3 Å². The Bertz CT molecular complexity index is 1080. The number of hydrogen-bond donors (Lipinski definition) is 3. The van der Waals surface area contributed by atoms with Crippen molar-refractivity contribution in [3.05, 3.63) is 89.5 Å². The SMILES string of the molecule is COc1cccc(C(=O)Nc2cccc(C(=O)Nc3cccc(C(=O)O)c3)c2)c1. The van der Waals surface area contributed by atoms with Crippen LogP contribution in [0.5, 0.6) is 5.75 Å². The molecule has 0 spiro atoms. The molecule has 0 bridgehead atoms. The fraction of sp³-hybridized carbons (Fsp3) is 0.0455. The fourth-order valence-corrected chi connectivity index (χ4v) is 2.64. The van der Waals surface area contributed by atoms with Gasteiger partial charge in [-0.3, -0.25) is 9.59 Å². The van der Waals surface area contributed by atoms with Gasteiger partial charge < -0.3 is 20.5 Å². The van der Waals surface area contributed by atoms with Crippen LogP contribution in [0.25, 0.3) is 0 Å². The van der Waals surface area contributed by atoms with E-state index in [9.17, 15) is 14.4 Å². The first-order chi connectivity index (χ1) is 14.0. The van der Waals surface area contributed by atoms with Crippen molar-refractivity contribution in [3.63, 3.8) is 0 Å². The second kappa shape index (κ2) is 8.71. The molecule has 146 valence electrons. The van der Waals surface area contributed by atoms with Crippen LogP contribution in [0, 0.1) is 0 Å². The van der Waals surface area contributed by atoms with Gasteiger partial charge in [0.1, 0.15) is 5.75 Å². The van der Waals surface area contributed by atoms with Crippen LogP contribution in [0.2, 0.25) is 0 Å². The summed E-state index contributed by atoms with van der Waals surface area (Å²) >= 11 is 0. The van der Waals surface area contributed by atoms with Crippen LogP contribution in [-0.4, -0.2) is 30.0 Å². The number of carboxylic acid groups (broad SMARTS) is 1. The highest BCUT2D eigenvalue weighted by molar-refractivity contribution is 6.07. The van der Waals surface area contributed by atoms with Gasteiger partial charge in [0, 0.05) is 22.5 Å². The summed E-state index contributed by atoms with van der Waals surface area (Å²) in [6, 6.07) is 19.1. The molecule has 3 rings (SSSR count). The highest BCUT2D eigenvalue weighted by atomic mass is 16.5. The molecule has 2 amide bonds. The van der Waals surface area contributed by atoms with Gasteiger partial charge in [0.15, 0.2) is 0 Å². The van der Waals surface area contributed by atoms with Crippen molar-refractivity contribution in [1.29, 1.82) is 0 Å². The Balaban J connectivity index is 1.73. The summed E-state index contributed by atoms with van der Waals surface area (Å²) < 4.78 is 5.12. The lowest BCUT2D eigenvalue weighted by atomic mass is 10.1. The number of carboxylic acids is 1. The molecule has 3 aromatic rings. The summed E-state index contributed by atoms with van der Waals surface area (Å²) in [5.41, 5.74) is 1.62. The number of carbonyl (C=O) groups is 3. The maximum absolute atomic E-state index is 12.5. The van der Waals surface area contributed by atoms with E-state index in [1.54, 1.807) is 54.6 Å². The summed E-state index contributed by atoms with van der Waals surface area (Å²) in [5, 5.41) is 14.4. The van der Waals surface area contributed by atoms with E-state index < -0.39 is 11.9 Å². The first-order valence-corrected chi connectivity index (χ1v) is 8.66. The lowest BCUT2D eigenvalue weighted by molar-refractivity contribution is 0.0696. The maximum Gasteiger partial charge on any atom is 0.335 e. The molecule has 7 nitrogen and oxygen atoms in total. The molecular formula is C22H18N2O5. The Labute approximate surface area is 166 Å². The molecule has 0 radical (unpaired) electrons. The summed E-state index contributed by atoms with van der Waals surface area (Å²) in [4.78, 5) is 36.0. The minimum atomic E-state index is -1.08. The molecule has 3 N–H and O–H groups in total. The second-order valence-electron chi connectivity index (χ2n) is 6.11. The zero-order valence-electron chi connectivity index (χ0n) is 15.5. The zero-order valence-corrected chi connectivity index (χ0v) is 15.5. The molecule has 0 saturated carbocycles. The van der Waals surface area contributed by atoms with Gasteiger partial charge in [-0.2, -0.15) is 0 Å². The number of nitrogens with one attached hydrogen (secondary N) is 2. The van der Waals surface area contributed by atoms with Crippen LogP contribution < -0.4 is 15.4 Å². The third-order valence-corrected chi connectivity index (χ3v) is 4.08. The van der Waals surface area contributed by atoms with Gasteiger partial charge in [0.25, 0.3) is 11.8 Å². The predicted octanol–water partition coefficient (Wildman–Crippen LogP) is 3.90. The average molecular weight is 390 g/mol. The first-order valence-electron chi connectivity index (χ1n) is 8.66. The molecule has 0 heterocycles. The molecule has 0 aliphatic rings. The number of aromatic carboxylic acids is 1. The van der Waals surface area contributed by atoms with Crippen molar-refractivity contribution in [2.24, 2.45) is 0 Å². The Hall–Kier alpha value is -4.13. The Morgan fingerprint density at radius 3 is 1.76 bits per heavy atom. The fourth-order valence-electron chi connectivity index (χ4n) is 2.64. The lowest BCUT2D eigenvalue weighted by Gasteiger charge is -2.09. The number of methoxy groups -OCH3 is 1. The van der Waals surface area contributed by atoms with Crippen molar-refractivity contribution in [1.82, 2.24) is 0 Å². The van der Waals surface area contributed by atoms with Gasteiger partial charge in [0.2, 0.25) is 0 Å². The molecular weight excluding hydrogens is 372 g/mol. The van der Waals surface area contributed by atoms with E-state index in [1.165, 1.54) is 25.3 Å². The lowest BCUT2D eigenvalue weighted by Crippen LogP contribution is -2.15. The molecule has 0 aromatic heterocycles. The van der Waals surface area contributed by atoms with Gasteiger partial charge in [-0.15, -0.1) is 0 Å². The Morgan fingerprint density at radius 2 is 1.21 bits per heavy atom. The minimum Gasteiger partial charge on any atom is -0.497 e. The first kappa shape index (κ1) is 19.6. The van der Waals surface area contributed by atoms with Crippen LogP contribution >= 0.6 is 0 Å². The molecule has 7 heteroatoms. The van der Waals surface area contributed by atoms with Crippen molar-refractivity contribution in [2.75, 3.05) is 17.7 Å². The summed E-state index contributed by atoms with van der Waals surface area (Å²) in [6.07, 6.45) is 0. The molecule has 0 aliphatic heterocycles. The largest absolute Gasteiger partial charge is 0.497 e. The van der Waals surface area contributed by atoms with Gasteiger partial charge in [-0.25, -0.2) is 4.79 Å². The minimum absolute atomic E-state index is 0.0714. The Kier molecular flexibility index (Phi) is 5.89. The number of ether oxygens (including phenoxy) is 1. The number of benzene rings is 3. The summed E-state index contributed by atoms with van der Waals surface area (Å²) in [7, 11) is 1.52.